The monoisotopic (exact) mass is 196 g/mol. The minimum absolute atomic E-state index is 0.0663. The van der Waals surface area contributed by atoms with Crippen LogP contribution in [0.15, 0.2) is 18.2 Å². The van der Waals surface area contributed by atoms with Gasteiger partial charge in [0.05, 0.1) is 5.69 Å². The van der Waals surface area contributed by atoms with Gasteiger partial charge in [-0.2, -0.15) is 0 Å². The van der Waals surface area contributed by atoms with Crippen molar-refractivity contribution in [2.45, 2.75) is 6.23 Å². The van der Waals surface area contributed by atoms with Crippen LogP contribution in [0.1, 0.15) is 22.4 Å². The minimum Gasteiger partial charge on any atom is -0.477 e. The third-order valence-corrected chi connectivity index (χ3v) is 1.74. The maximum absolute atomic E-state index is 10.6. The predicted molar refractivity (Wildman–Crippen MR) is 49.8 cm³/mol. The zero-order valence-electron chi connectivity index (χ0n) is 8.01. The molecular formula is C9H12N2O3. The lowest BCUT2D eigenvalue weighted by Crippen LogP contribution is -2.21. The molecular weight excluding hydrogens is 184 g/mol. The molecule has 1 aromatic rings. The van der Waals surface area contributed by atoms with Gasteiger partial charge in [-0.3, -0.25) is 4.90 Å². The molecule has 0 radical (unpaired) electrons. The number of aromatic nitrogens is 1. The molecule has 1 unspecified atom stereocenters. The van der Waals surface area contributed by atoms with Crippen LogP contribution >= 0.6 is 0 Å². The summed E-state index contributed by atoms with van der Waals surface area (Å²) in [4.78, 5) is 15.9. The first-order chi connectivity index (χ1) is 6.52. The number of aliphatic hydroxyl groups is 1. The van der Waals surface area contributed by atoms with Crippen LogP contribution in [0.25, 0.3) is 0 Å². The van der Waals surface area contributed by atoms with Gasteiger partial charge in [-0.05, 0) is 26.2 Å². The maximum Gasteiger partial charge on any atom is 0.354 e. The molecule has 5 heteroatoms. The second-order valence-electron chi connectivity index (χ2n) is 3.09. The molecule has 0 spiro atoms. The fraction of sp³-hybridized carbons (Fsp3) is 0.333. The molecule has 1 heterocycles. The first kappa shape index (κ1) is 10.6. The molecule has 0 saturated heterocycles. The van der Waals surface area contributed by atoms with Crippen molar-refractivity contribution < 1.29 is 15.0 Å². The molecule has 1 rings (SSSR count). The van der Waals surface area contributed by atoms with Gasteiger partial charge >= 0.3 is 5.97 Å². The largest absolute Gasteiger partial charge is 0.477 e. The number of nitrogens with zero attached hydrogens (tertiary/aromatic N) is 2. The molecule has 2 N–H and O–H groups in total. The Kier molecular flexibility index (Phi) is 3.16. The first-order valence-corrected chi connectivity index (χ1v) is 4.07. The number of carbonyl (C=O) groups is 1. The molecule has 1 aromatic heterocycles. The summed E-state index contributed by atoms with van der Waals surface area (Å²) in [6.45, 7) is 0. The molecule has 76 valence electrons. The molecule has 0 fully saturated rings. The number of hydrogen-bond donors (Lipinski definition) is 2. The topological polar surface area (TPSA) is 73.7 Å². The predicted octanol–water partition coefficient (Wildman–Crippen LogP) is 0.332. The van der Waals surface area contributed by atoms with E-state index in [9.17, 15) is 9.90 Å². The van der Waals surface area contributed by atoms with E-state index in [0.29, 0.717) is 5.69 Å². The van der Waals surface area contributed by atoms with E-state index in [-0.39, 0.29) is 5.69 Å². The Balaban J connectivity index is 2.99. The number of carboxylic acids is 1. The lowest BCUT2D eigenvalue weighted by Gasteiger charge is -2.17. The van der Waals surface area contributed by atoms with Gasteiger partial charge in [-0.25, -0.2) is 9.78 Å². The molecule has 0 aliphatic rings. The van der Waals surface area contributed by atoms with Gasteiger partial charge in [-0.1, -0.05) is 6.07 Å². The Bertz CT molecular complexity index is 339. The van der Waals surface area contributed by atoms with Crippen LogP contribution < -0.4 is 0 Å². The molecule has 0 amide bonds. The van der Waals surface area contributed by atoms with E-state index in [1.807, 2.05) is 0 Å². The standard InChI is InChI=1S/C9H12N2O3/c1-11(2)8(12)6-4-3-5-7(10-6)9(13)14/h3-5,8,12H,1-2H3,(H,13,14). The summed E-state index contributed by atoms with van der Waals surface area (Å²) in [6, 6.07) is 4.52. The van der Waals surface area contributed by atoms with E-state index >= 15 is 0 Å². The molecule has 0 bridgehead atoms. The van der Waals surface area contributed by atoms with Crippen molar-refractivity contribution in [3.8, 4) is 0 Å². The molecule has 5 nitrogen and oxygen atoms in total. The summed E-state index contributed by atoms with van der Waals surface area (Å²) in [6.07, 6.45) is -0.880. The van der Waals surface area contributed by atoms with Crippen LogP contribution in [0, 0.1) is 0 Å². The lowest BCUT2D eigenvalue weighted by atomic mass is 10.2. The SMILES string of the molecule is CN(C)C(O)c1cccc(C(=O)O)n1. The van der Waals surface area contributed by atoms with E-state index < -0.39 is 12.2 Å². The van der Waals surface area contributed by atoms with Crippen LogP contribution in [-0.2, 0) is 0 Å². The zero-order valence-corrected chi connectivity index (χ0v) is 8.01. The van der Waals surface area contributed by atoms with Crippen LogP contribution in [0.2, 0.25) is 0 Å². The minimum atomic E-state index is -1.10. The van der Waals surface area contributed by atoms with Crippen LogP contribution in [0.3, 0.4) is 0 Å². The van der Waals surface area contributed by atoms with E-state index in [1.54, 1.807) is 26.2 Å². The van der Waals surface area contributed by atoms with E-state index in [0.717, 1.165) is 0 Å². The van der Waals surface area contributed by atoms with Gasteiger partial charge in [-0.15, -0.1) is 0 Å². The van der Waals surface area contributed by atoms with E-state index in [1.165, 1.54) is 11.0 Å². The molecule has 0 aliphatic heterocycles. The Morgan fingerprint density at radius 1 is 1.50 bits per heavy atom. The fourth-order valence-electron chi connectivity index (χ4n) is 0.979. The molecule has 0 aliphatic carbocycles. The Morgan fingerprint density at radius 3 is 2.64 bits per heavy atom. The van der Waals surface area contributed by atoms with Gasteiger partial charge in [0.1, 0.15) is 11.9 Å². The van der Waals surface area contributed by atoms with Crippen molar-refractivity contribution >= 4 is 5.97 Å². The lowest BCUT2D eigenvalue weighted by molar-refractivity contribution is 0.0354. The molecule has 1 atom stereocenters. The summed E-state index contributed by atoms with van der Waals surface area (Å²) < 4.78 is 0. The smallest absolute Gasteiger partial charge is 0.354 e. The summed E-state index contributed by atoms with van der Waals surface area (Å²) in [7, 11) is 3.36. The van der Waals surface area contributed by atoms with Crippen molar-refractivity contribution in [1.29, 1.82) is 0 Å². The third-order valence-electron chi connectivity index (χ3n) is 1.74. The Labute approximate surface area is 81.6 Å². The second-order valence-corrected chi connectivity index (χ2v) is 3.09. The highest BCUT2D eigenvalue weighted by Gasteiger charge is 2.13. The fourth-order valence-corrected chi connectivity index (χ4v) is 0.979. The highest BCUT2D eigenvalue weighted by atomic mass is 16.4. The van der Waals surface area contributed by atoms with Gasteiger partial charge in [0.15, 0.2) is 0 Å². The van der Waals surface area contributed by atoms with E-state index in [2.05, 4.69) is 4.98 Å². The van der Waals surface area contributed by atoms with Crippen molar-refractivity contribution in [3.63, 3.8) is 0 Å². The number of aromatic carboxylic acids is 1. The molecule has 0 aromatic carbocycles. The third kappa shape index (κ3) is 2.27. The number of hydrogen-bond acceptors (Lipinski definition) is 4. The van der Waals surface area contributed by atoms with Crippen LogP contribution in [0.5, 0.6) is 0 Å². The number of pyridine rings is 1. The quantitative estimate of drug-likeness (QED) is 0.681. The summed E-state index contributed by atoms with van der Waals surface area (Å²) in [5.41, 5.74) is 0.262. The normalized spacial score (nSPS) is 12.9. The first-order valence-electron chi connectivity index (χ1n) is 4.07. The van der Waals surface area contributed by atoms with Crippen molar-refractivity contribution in [2.24, 2.45) is 0 Å². The zero-order chi connectivity index (χ0) is 10.7. The highest BCUT2D eigenvalue weighted by molar-refractivity contribution is 5.85. The Hall–Kier alpha value is -1.46. The van der Waals surface area contributed by atoms with Crippen LogP contribution in [0.4, 0.5) is 0 Å². The molecule has 14 heavy (non-hydrogen) atoms. The molecule has 0 saturated carbocycles. The van der Waals surface area contributed by atoms with Gasteiger partial charge in [0, 0.05) is 0 Å². The maximum atomic E-state index is 10.6. The summed E-state index contributed by atoms with van der Waals surface area (Å²) >= 11 is 0. The summed E-state index contributed by atoms with van der Waals surface area (Å²) in [5, 5.41) is 18.2. The Morgan fingerprint density at radius 2 is 2.14 bits per heavy atom. The highest BCUT2D eigenvalue weighted by Crippen LogP contribution is 2.12. The second kappa shape index (κ2) is 4.17. The average molecular weight is 196 g/mol. The van der Waals surface area contributed by atoms with E-state index in [4.69, 9.17) is 5.11 Å². The van der Waals surface area contributed by atoms with Crippen molar-refractivity contribution in [2.75, 3.05) is 14.1 Å². The van der Waals surface area contributed by atoms with Gasteiger partial charge < -0.3 is 10.2 Å². The number of rotatable bonds is 3. The number of carboxylic acid groups (broad SMARTS) is 1. The average Bonchev–Trinajstić information content (AvgIpc) is 2.16. The van der Waals surface area contributed by atoms with Gasteiger partial charge in [0.2, 0.25) is 0 Å². The number of aliphatic hydroxyl groups excluding tert-OH is 1. The van der Waals surface area contributed by atoms with Gasteiger partial charge in [0.25, 0.3) is 0 Å². The van der Waals surface area contributed by atoms with Crippen molar-refractivity contribution in [3.05, 3.63) is 29.6 Å². The summed E-state index contributed by atoms with van der Waals surface area (Å²) in [5.74, 6) is -1.10. The van der Waals surface area contributed by atoms with Crippen LogP contribution in [-0.4, -0.2) is 40.2 Å². The van der Waals surface area contributed by atoms with Crippen molar-refractivity contribution in [1.82, 2.24) is 9.88 Å².